The molecule has 11 nitrogen and oxygen atoms in total. The molecule has 4 rings (SSSR count). The molecule has 0 radical (unpaired) electrons. The van der Waals surface area contributed by atoms with Gasteiger partial charge in [-0.15, -0.1) is 0 Å². The molecule has 1 aliphatic heterocycles. The number of rotatable bonds is 3. The maximum Gasteiger partial charge on any atom is 0.315 e. The summed E-state index contributed by atoms with van der Waals surface area (Å²) < 4.78 is 6.51. The van der Waals surface area contributed by atoms with Crippen molar-refractivity contribution in [2.24, 2.45) is 5.41 Å². The minimum absolute atomic E-state index is 0.0666. The third-order valence-electron chi connectivity index (χ3n) is 5.00. The highest BCUT2D eigenvalue weighted by atomic mass is 16.6. The fourth-order valence-electron chi connectivity index (χ4n) is 3.84. The minimum atomic E-state index is -0.766. The summed E-state index contributed by atoms with van der Waals surface area (Å²) in [5, 5.41) is 36.2. The molecule has 0 unspecified atom stereocenters. The number of ketones is 1. The molecule has 1 aliphatic carbocycles. The Hall–Kier alpha value is -3.50. The number of methoxy groups -OCH3 is 1. The van der Waals surface area contributed by atoms with Gasteiger partial charge < -0.3 is 15.2 Å². The van der Waals surface area contributed by atoms with Gasteiger partial charge in [0.1, 0.15) is 6.04 Å². The molecule has 0 amide bonds. The molecule has 2 aliphatic rings. The van der Waals surface area contributed by atoms with Crippen LogP contribution in [0.3, 0.4) is 0 Å². The lowest BCUT2D eigenvalue weighted by atomic mass is 9.73. The van der Waals surface area contributed by atoms with E-state index in [1.54, 1.807) is 0 Å². The van der Waals surface area contributed by atoms with E-state index in [0.717, 1.165) is 0 Å². The largest absolute Gasteiger partial charge is 0.500 e. The number of ether oxygens (including phenoxy) is 1. The number of phenolic OH excluding ortho intramolecular Hbond substituents is 1. The Labute approximate surface area is 159 Å². The van der Waals surface area contributed by atoms with Gasteiger partial charge in [-0.25, -0.2) is 0 Å². The number of fused-ring (bicyclic) bond motifs is 1. The van der Waals surface area contributed by atoms with Crippen molar-refractivity contribution >= 4 is 17.4 Å². The summed E-state index contributed by atoms with van der Waals surface area (Å²) in [4.78, 5) is 23.7. The Morgan fingerprint density at radius 3 is 2.82 bits per heavy atom. The Morgan fingerprint density at radius 2 is 2.14 bits per heavy atom. The molecule has 0 bridgehead atoms. The quantitative estimate of drug-likeness (QED) is 0.597. The van der Waals surface area contributed by atoms with Gasteiger partial charge in [-0.05, 0) is 33.9 Å². The van der Waals surface area contributed by atoms with E-state index in [9.17, 15) is 20.0 Å². The minimum Gasteiger partial charge on any atom is -0.500 e. The molecule has 0 saturated carbocycles. The van der Waals surface area contributed by atoms with Crippen LogP contribution in [0.2, 0.25) is 0 Å². The second kappa shape index (κ2) is 6.01. The number of carbonyl (C=O) groups excluding carboxylic acids is 1. The molecular formula is C17H18N6O5. The molecule has 1 atom stereocenters. The highest BCUT2D eigenvalue weighted by Crippen LogP contribution is 2.47. The van der Waals surface area contributed by atoms with Crippen LogP contribution in [0.1, 0.15) is 38.3 Å². The van der Waals surface area contributed by atoms with Gasteiger partial charge >= 0.3 is 5.69 Å². The topological polar surface area (TPSA) is 145 Å². The zero-order valence-electron chi connectivity index (χ0n) is 15.5. The lowest BCUT2D eigenvalue weighted by Gasteiger charge is -2.37. The van der Waals surface area contributed by atoms with E-state index in [4.69, 9.17) is 4.74 Å². The number of nitrogens with zero attached hydrogens (tertiary/aromatic N) is 5. The lowest BCUT2D eigenvalue weighted by molar-refractivity contribution is -0.386. The van der Waals surface area contributed by atoms with Crippen molar-refractivity contribution in [3.63, 3.8) is 0 Å². The van der Waals surface area contributed by atoms with Crippen LogP contribution in [0.5, 0.6) is 11.5 Å². The van der Waals surface area contributed by atoms with E-state index in [1.807, 2.05) is 13.8 Å². The van der Waals surface area contributed by atoms with Crippen LogP contribution in [-0.2, 0) is 4.79 Å². The van der Waals surface area contributed by atoms with Gasteiger partial charge in [0.05, 0.1) is 12.0 Å². The fourth-order valence-corrected chi connectivity index (χ4v) is 3.84. The molecule has 28 heavy (non-hydrogen) atoms. The van der Waals surface area contributed by atoms with E-state index >= 15 is 0 Å². The summed E-state index contributed by atoms with van der Waals surface area (Å²) in [5.74, 6) is -0.390. The first-order chi connectivity index (χ1) is 13.2. The van der Waals surface area contributed by atoms with Crippen molar-refractivity contribution in [1.82, 2.24) is 20.2 Å². The van der Waals surface area contributed by atoms with Crippen LogP contribution in [0.15, 0.2) is 23.4 Å². The monoisotopic (exact) mass is 386 g/mol. The average Bonchev–Trinajstić information content (AvgIpc) is 3.07. The predicted octanol–water partition coefficient (Wildman–Crippen LogP) is 1.95. The van der Waals surface area contributed by atoms with Gasteiger partial charge in [0.15, 0.2) is 11.5 Å². The molecule has 0 spiro atoms. The Balaban J connectivity index is 1.96. The summed E-state index contributed by atoms with van der Waals surface area (Å²) >= 11 is 0. The second-order valence-electron chi connectivity index (χ2n) is 7.66. The highest BCUT2D eigenvalue weighted by molar-refractivity contribution is 6.00. The molecule has 146 valence electrons. The first-order valence-electron chi connectivity index (χ1n) is 8.58. The molecule has 2 aromatic rings. The molecule has 0 saturated heterocycles. The van der Waals surface area contributed by atoms with Gasteiger partial charge in [-0.1, -0.05) is 18.9 Å². The van der Waals surface area contributed by atoms with Crippen LogP contribution in [0, 0.1) is 15.5 Å². The third-order valence-corrected chi connectivity index (χ3v) is 5.00. The Kier molecular flexibility index (Phi) is 3.84. The normalized spacial score (nSPS) is 20.2. The van der Waals surface area contributed by atoms with E-state index in [1.165, 1.54) is 23.9 Å². The number of nitro benzene ring substituents is 1. The van der Waals surface area contributed by atoms with Crippen molar-refractivity contribution < 1.29 is 19.6 Å². The molecular weight excluding hydrogens is 368 g/mol. The SMILES string of the molecule is COc1cc([C@@H]2C3=C(CC(C)(C)CC3=O)Nc3nnnn32)cc([N+](=O)[O-])c1O. The number of nitro groups is 1. The van der Waals surface area contributed by atoms with E-state index in [-0.39, 0.29) is 16.9 Å². The van der Waals surface area contributed by atoms with E-state index in [2.05, 4.69) is 20.8 Å². The summed E-state index contributed by atoms with van der Waals surface area (Å²) in [6, 6.07) is 1.91. The molecule has 0 fully saturated rings. The van der Waals surface area contributed by atoms with Crippen molar-refractivity contribution in [3.05, 3.63) is 39.1 Å². The van der Waals surface area contributed by atoms with Crippen molar-refractivity contribution in [2.45, 2.75) is 32.7 Å². The summed E-state index contributed by atoms with van der Waals surface area (Å²) in [6.45, 7) is 3.99. The second-order valence-corrected chi connectivity index (χ2v) is 7.66. The predicted molar refractivity (Wildman–Crippen MR) is 95.9 cm³/mol. The number of benzene rings is 1. The number of aromatic hydroxyl groups is 1. The smallest absolute Gasteiger partial charge is 0.315 e. The Morgan fingerprint density at radius 1 is 1.39 bits per heavy atom. The molecule has 1 aromatic carbocycles. The number of hydrogen-bond donors (Lipinski definition) is 2. The fraction of sp³-hybridized carbons (Fsp3) is 0.412. The third kappa shape index (κ3) is 2.66. The maximum absolute atomic E-state index is 13.0. The van der Waals surface area contributed by atoms with E-state index < -0.39 is 22.4 Å². The van der Waals surface area contributed by atoms with Crippen molar-refractivity contribution in [1.29, 1.82) is 0 Å². The zero-order valence-corrected chi connectivity index (χ0v) is 15.5. The average molecular weight is 386 g/mol. The molecule has 1 aromatic heterocycles. The van der Waals surface area contributed by atoms with Crippen LogP contribution in [0.25, 0.3) is 0 Å². The summed E-state index contributed by atoms with van der Waals surface area (Å²) in [7, 11) is 1.30. The summed E-state index contributed by atoms with van der Waals surface area (Å²) in [6.07, 6.45) is 0.938. The van der Waals surface area contributed by atoms with Crippen LogP contribution in [-0.4, -0.2) is 43.1 Å². The van der Waals surface area contributed by atoms with Gasteiger partial charge in [-0.3, -0.25) is 14.9 Å². The lowest BCUT2D eigenvalue weighted by Crippen LogP contribution is -2.36. The number of carbonyl (C=O) groups is 1. The number of hydrogen-bond acceptors (Lipinski definition) is 9. The van der Waals surface area contributed by atoms with Crippen LogP contribution in [0.4, 0.5) is 11.6 Å². The molecule has 11 heteroatoms. The first-order valence-corrected chi connectivity index (χ1v) is 8.58. The summed E-state index contributed by atoms with van der Waals surface area (Å²) in [5.41, 5.74) is 0.775. The molecule has 2 heterocycles. The standard InChI is InChI=1S/C17H18N6O5/c1-17(2)6-9-13(11(24)7-17)14(22-16(18-9)19-20-21-22)8-4-10(23(26)27)15(25)12(5-8)28-3/h4-5,14,25H,6-7H2,1-3H3,(H,18,19,21)/t14-/m1/s1. The van der Waals surface area contributed by atoms with Crippen LogP contribution >= 0.6 is 0 Å². The van der Waals surface area contributed by atoms with Crippen molar-refractivity contribution in [3.8, 4) is 11.5 Å². The molecule has 2 N–H and O–H groups in total. The number of tetrazole rings is 1. The first kappa shape index (κ1) is 17.9. The zero-order chi connectivity index (χ0) is 20.2. The number of phenols is 1. The maximum atomic E-state index is 13.0. The van der Waals surface area contributed by atoms with Gasteiger partial charge in [-0.2, -0.15) is 4.68 Å². The Bertz CT molecular complexity index is 1040. The number of allylic oxidation sites excluding steroid dienone is 2. The highest BCUT2D eigenvalue weighted by Gasteiger charge is 2.42. The number of nitrogens with one attached hydrogen (secondary N) is 1. The van der Waals surface area contributed by atoms with Crippen LogP contribution < -0.4 is 10.1 Å². The van der Waals surface area contributed by atoms with E-state index in [0.29, 0.717) is 35.6 Å². The van der Waals surface area contributed by atoms with Crippen molar-refractivity contribution in [2.75, 3.05) is 12.4 Å². The number of anilines is 1. The van der Waals surface area contributed by atoms with Gasteiger partial charge in [0, 0.05) is 23.8 Å². The number of aromatic nitrogens is 4. The number of Topliss-reactive ketones (excluding diaryl/α,β-unsaturated/α-hetero) is 1. The van der Waals surface area contributed by atoms with Gasteiger partial charge in [0.25, 0.3) is 0 Å². The van der Waals surface area contributed by atoms with Gasteiger partial charge in [0.2, 0.25) is 11.7 Å².